The molecular formula is C20H19Br2N3O2. The predicted octanol–water partition coefficient (Wildman–Crippen LogP) is 4.79. The minimum absolute atomic E-state index is 0.117. The lowest BCUT2D eigenvalue weighted by Crippen LogP contribution is -2.25. The second-order valence-electron chi connectivity index (χ2n) is 6.70. The summed E-state index contributed by atoms with van der Waals surface area (Å²) in [6.45, 7) is 1.58. The standard InChI is InChI=1S/C20H19Br2N3O2/c1-27-14-5-2-4-12(8-14)17-6-3-7-25(17)11-18-23-19-15(20(26)24-18)9-13(21)10-16(19)22/h2,4-5,8-10,17H,3,6-7,11H2,1H3,(H,23,24,26). The number of aromatic amines is 1. The third-order valence-electron chi connectivity index (χ3n) is 4.97. The number of hydrogen-bond donors (Lipinski definition) is 1. The lowest BCUT2D eigenvalue weighted by Gasteiger charge is -2.24. The van der Waals surface area contributed by atoms with E-state index < -0.39 is 0 Å². The lowest BCUT2D eigenvalue weighted by atomic mass is 10.0. The Labute approximate surface area is 174 Å². The molecule has 1 fully saturated rings. The molecule has 5 nitrogen and oxygen atoms in total. The minimum Gasteiger partial charge on any atom is -0.497 e. The van der Waals surface area contributed by atoms with E-state index in [1.165, 1.54) is 5.56 Å². The van der Waals surface area contributed by atoms with Crippen LogP contribution in [0.3, 0.4) is 0 Å². The maximum atomic E-state index is 12.5. The monoisotopic (exact) mass is 491 g/mol. The van der Waals surface area contributed by atoms with Crippen molar-refractivity contribution in [1.82, 2.24) is 14.9 Å². The maximum absolute atomic E-state index is 12.5. The zero-order chi connectivity index (χ0) is 19.0. The van der Waals surface area contributed by atoms with Crippen molar-refractivity contribution in [2.75, 3.05) is 13.7 Å². The molecule has 1 aliphatic rings. The van der Waals surface area contributed by atoms with Gasteiger partial charge in [0.2, 0.25) is 0 Å². The van der Waals surface area contributed by atoms with Crippen molar-refractivity contribution >= 4 is 42.8 Å². The molecule has 1 N–H and O–H groups in total. The quantitative estimate of drug-likeness (QED) is 0.568. The normalized spacial score (nSPS) is 17.5. The zero-order valence-corrected chi connectivity index (χ0v) is 18.0. The van der Waals surface area contributed by atoms with Gasteiger partial charge in [-0.2, -0.15) is 0 Å². The first-order valence-corrected chi connectivity index (χ1v) is 10.4. The Hall–Kier alpha value is -1.70. The number of benzene rings is 2. The van der Waals surface area contributed by atoms with Gasteiger partial charge >= 0.3 is 0 Å². The molecule has 0 aliphatic carbocycles. The molecule has 1 saturated heterocycles. The van der Waals surface area contributed by atoms with E-state index in [4.69, 9.17) is 9.72 Å². The molecule has 140 valence electrons. The van der Waals surface area contributed by atoms with Gasteiger partial charge in [0.1, 0.15) is 11.6 Å². The van der Waals surface area contributed by atoms with Gasteiger partial charge in [0.15, 0.2) is 0 Å². The molecule has 4 rings (SSSR count). The van der Waals surface area contributed by atoms with Crippen LogP contribution in [-0.2, 0) is 6.54 Å². The molecule has 1 aromatic heterocycles. The molecule has 1 unspecified atom stereocenters. The summed E-state index contributed by atoms with van der Waals surface area (Å²) in [5, 5.41) is 0.575. The van der Waals surface area contributed by atoms with Crippen LogP contribution in [0.1, 0.15) is 30.3 Å². The van der Waals surface area contributed by atoms with Crippen molar-refractivity contribution in [3.05, 3.63) is 67.1 Å². The molecule has 0 spiro atoms. The van der Waals surface area contributed by atoms with E-state index in [9.17, 15) is 4.79 Å². The summed E-state index contributed by atoms with van der Waals surface area (Å²) in [4.78, 5) is 22.6. The summed E-state index contributed by atoms with van der Waals surface area (Å²) in [6.07, 6.45) is 2.21. The van der Waals surface area contributed by atoms with Crippen molar-refractivity contribution in [2.24, 2.45) is 0 Å². The van der Waals surface area contributed by atoms with Gasteiger partial charge in [0.25, 0.3) is 5.56 Å². The topological polar surface area (TPSA) is 58.2 Å². The molecular weight excluding hydrogens is 474 g/mol. The number of ether oxygens (including phenoxy) is 1. The molecule has 3 aromatic rings. The van der Waals surface area contributed by atoms with Crippen LogP contribution in [-0.4, -0.2) is 28.5 Å². The second kappa shape index (κ2) is 7.73. The van der Waals surface area contributed by atoms with Crippen molar-refractivity contribution in [3.8, 4) is 5.75 Å². The van der Waals surface area contributed by atoms with E-state index in [1.54, 1.807) is 13.2 Å². The number of fused-ring (bicyclic) bond motifs is 1. The van der Waals surface area contributed by atoms with Crippen LogP contribution in [0.15, 0.2) is 50.1 Å². The third kappa shape index (κ3) is 3.81. The fourth-order valence-electron chi connectivity index (χ4n) is 3.72. The van der Waals surface area contributed by atoms with Crippen LogP contribution in [0, 0.1) is 0 Å². The molecule has 1 aliphatic heterocycles. The van der Waals surface area contributed by atoms with Gasteiger partial charge in [-0.05, 0) is 65.1 Å². The highest BCUT2D eigenvalue weighted by molar-refractivity contribution is 9.11. The summed E-state index contributed by atoms with van der Waals surface area (Å²) in [6, 6.07) is 12.2. The molecule has 0 saturated carbocycles. The number of nitrogens with zero attached hydrogens (tertiary/aromatic N) is 2. The Morgan fingerprint density at radius 1 is 1.30 bits per heavy atom. The van der Waals surface area contributed by atoms with Crippen LogP contribution in [0.2, 0.25) is 0 Å². The van der Waals surface area contributed by atoms with Crippen LogP contribution in [0.5, 0.6) is 5.75 Å². The average molecular weight is 493 g/mol. The summed E-state index contributed by atoms with van der Waals surface area (Å²) >= 11 is 6.94. The fourth-order valence-corrected chi connectivity index (χ4v) is 5.04. The number of rotatable bonds is 4. The van der Waals surface area contributed by atoms with Crippen molar-refractivity contribution in [1.29, 1.82) is 0 Å². The summed E-state index contributed by atoms with van der Waals surface area (Å²) in [5.74, 6) is 1.55. The smallest absolute Gasteiger partial charge is 0.258 e. The van der Waals surface area contributed by atoms with E-state index in [0.717, 1.165) is 34.1 Å². The number of methoxy groups -OCH3 is 1. The van der Waals surface area contributed by atoms with Crippen LogP contribution in [0.25, 0.3) is 10.9 Å². The van der Waals surface area contributed by atoms with Gasteiger partial charge in [0.05, 0.1) is 24.6 Å². The number of nitrogens with one attached hydrogen (secondary N) is 1. The maximum Gasteiger partial charge on any atom is 0.258 e. The van der Waals surface area contributed by atoms with E-state index in [2.05, 4.69) is 53.9 Å². The summed E-state index contributed by atoms with van der Waals surface area (Å²) < 4.78 is 7.02. The molecule has 1 atom stereocenters. The van der Waals surface area contributed by atoms with Gasteiger partial charge < -0.3 is 9.72 Å². The summed E-state index contributed by atoms with van der Waals surface area (Å²) in [5.41, 5.74) is 1.81. The number of likely N-dealkylation sites (tertiary alicyclic amines) is 1. The Bertz CT molecular complexity index is 1050. The molecule has 0 amide bonds. The number of H-pyrrole nitrogens is 1. The summed E-state index contributed by atoms with van der Waals surface area (Å²) in [7, 11) is 1.69. The minimum atomic E-state index is -0.117. The molecule has 2 aromatic carbocycles. The van der Waals surface area contributed by atoms with Crippen LogP contribution in [0.4, 0.5) is 0 Å². The highest BCUT2D eigenvalue weighted by Gasteiger charge is 2.27. The van der Waals surface area contributed by atoms with Gasteiger partial charge in [-0.15, -0.1) is 0 Å². The largest absolute Gasteiger partial charge is 0.497 e. The van der Waals surface area contributed by atoms with E-state index in [1.807, 2.05) is 18.2 Å². The number of hydrogen-bond acceptors (Lipinski definition) is 4. The lowest BCUT2D eigenvalue weighted by molar-refractivity contribution is 0.242. The first kappa shape index (κ1) is 18.7. The van der Waals surface area contributed by atoms with Gasteiger partial charge in [-0.25, -0.2) is 4.98 Å². The third-order valence-corrected chi connectivity index (χ3v) is 6.03. The van der Waals surface area contributed by atoms with Gasteiger partial charge in [0, 0.05) is 15.0 Å². The fraction of sp³-hybridized carbons (Fsp3) is 0.300. The van der Waals surface area contributed by atoms with E-state index in [0.29, 0.717) is 29.3 Å². The molecule has 0 radical (unpaired) electrons. The predicted molar refractivity (Wildman–Crippen MR) is 113 cm³/mol. The molecule has 27 heavy (non-hydrogen) atoms. The van der Waals surface area contributed by atoms with Crippen LogP contribution >= 0.6 is 31.9 Å². The zero-order valence-electron chi connectivity index (χ0n) is 14.8. The molecule has 2 heterocycles. The first-order valence-electron chi connectivity index (χ1n) is 8.81. The second-order valence-corrected chi connectivity index (χ2v) is 8.47. The Balaban J connectivity index is 1.65. The first-order chi connectivity index (χ1) is 13.0. The highest BCUT2D eigenvalue weighted by Crippen LogP contribution is 2.34. The highest BCUT2D eigenvalue weighted by atomic mass is 79.9. The molecule has 0 bridgehead atoms. The van der Waals surface area contributed by atoms with Crippen LogP contribution < -0.4 is 10.3 Å². The Kier molecular flexibility index (Phi) is 5.34. The van der Waals surface area contributed by atoms with Crippen molar-refractivity contribution in [2.45, 2.75) is 25.4 Å². The van der Waals surface area contributed by atoms with E-state index in [-0.39, 0.29) is 5.56 Å². The molecule has 7 heteroatoms. The number of halogens is 2. The average Bonchev–Trinajstić information content (AvgIpc) is 3.11. The van der Waals surface area contributed by atoms with Gasteiger partial charge in [-0.3, -0.25) is 9.69 Å². The van der Waals surface area contributed by atoms with Crippen molar-refractivity contribution in [3.63, 3.8) is 0 Å². The van der Waals surface area contributed by atoms with Crippen molar-refractivity contribution < 1.29 is 4.74 Å². The van der Waals surface area contributed by atoms with Gasteiger partial charge in [-0.1, -0.05) is 28.1 Å². The Morgan fingerprint density at radius 3 is 2.96 bits per heavy atom. The SMILES string of the molecule is COc1cccc(C2CCCN2Cc2nc3c(Br)cc(Br)cc3c(=O)[nH]2)c1. The number of aromatic nitrogens is 2. The Morgan fingerprint density at radius 2 is 2.15 bits per heavy atom. The van der Waals surface area contributed by atoms with E-state index >= 15 is 0 Å².